The van der Waals surface area contributed by atoms with E-state index in [2.05, 4.69) is 0 Å². The number of ether oxygens (including phenoxy) is 1. The highest BCUT2D eigenvalue weighted by molar-refractivity contribution is 7.95. The lowest BCUT2D eigenvalue weighted by molar-refractivity contribution is 0.413. The van der Waals surface area contributed by atoms with Gasteiger partial charge < -0.3 is 9.84 Å². The monoisotopic (exact) mass is 427 g/mol. The summed E-state index contributed by atoms with van der Waals surface area (Å²) in [6.45, 7) is 11.8. The summed E-state index contributed by atoms with van der Waals surface area (Å²) < 4.78 is 31.2. The number of rotatable bonds is 4. The Morgan fingerprint density at radius 2 is 1.57 bits per heavy atom. The summed E-state index contributed by atoms with van der Waals surface area (Å²) in [5.41, 5.74) is 1.19. The lowest BCUT2D eigenvalue weighted by Gasteiger charge is -2.28. The van der Waals surface area contributed by atoms with E-state index in [1.165, 1.54) is 25.3 Å². The van der Waals surface area contributed by atoms with Gasteiger partial charge in [-0.25, -0.2) is 8.42 Å². The van der Waals surface area contributed by atoms with Crippen LogP contribution in [0, 0.1) is 11.3 Å². The molecule has 5 nitrogen and oxygen atoms in total. The highest BCUT2D eigenvalue weighted by atomic mass is 32.2. The van der Waals surface area contributed by atoms with Gasteiger partial charge in [-0.3, -0.25) is 0 Å². The molecular formula is C24H29NO4S. The van der Waals surface area contributed by atoms with Crippen LogP contribution in [0.5, 0.6) is 11.5 Å². The Balaban J connectivity index is 2.74. The number of sulfone groups is 1. The molecule has 0 bridgehead atoms. The zero-order valence-corrected chi connectivity index (χ0v) is 19.4. The minimum Gasteiger partial charge on any atom is -0.507 e. The van der Waals surface area contributed by atoms with E-state index >= 15 is 0 Å². The zero-order valence-electron chi connectivity index (χ0n) is 18.6. The van der Waals surface area contributed by atoms with E-state index in [1.54, 1.807) is 24.3 Å². The smallest absolute Gasteiger partial charge is 0.216 e. The summed E-state index contributed by atoms with van der Waals surface area (Å²) in [6.07, 6.45) is 1.36. The van der Waals surface area contributed by atoms with Gasteiger partial charge in [-0.1, -0.05) is 47.6 Å². The molecule has 0 aliphatic heterocycles. The Bertz CT molecular complexity index is 1090. The van der Waals surface area contributed by atoms with E-state index in [1.807, 2.05) is 47.6 Å². The van der Waals surface area contributed by atoms with Gasteiger partial charge in [0.2, 0.25) is 9.84 Å². The Kier molecular flexibility index (Phi) is 6.39. The van der Waals surface area contributed by atoms with Gasteiger partial charge in [-0.15, -0.1) is 0 Å². The molecule has 0 atom stereocenters. The second kappa shape index (κ2) is 8.16. The van der Waals surface area contributed by atoms with E-state index in [4.69, 9.17) is 4.74 Å². The normalized spacial score (nSPS) is 13.1. The average Bonchev–Trinajstić information content (AvgIpc) is 2.65. The lowest BCUT2D eigenvalue weighted by Crippen LogP contribution is -2.17. The molecular weight excluding hydrogens is 398 g/mol. The topological polar surface area (TPSA) is 87.4 Å². The number of aromatic hydroxyl groups is 1. The first-order chi connectivity index (χ1) is 13.7. The van der Waals surface area contributed by atoms with Crippen molar-refractivity contribution in [2.75, 3.05) is 7.11 Å². The predicted molar refractivity (Wildman–Crippen MR) is 119 cm³/mol. The summed E-state index contributed by atoms with van der Waals surface area (Å²) in [7, 11) is -2.58. The number of hydrogen-bond acceptors (Lipinski definition) is 5. The number of allylic oxidation sites excluding steroid dienone is 1. The van der Waals surface area contributed by atoms with Crippen LogP contribution in [0.3, 0.4) is 0 Å². The number of phenols is 1. The van der Waals surface area contributed by atoms with Crippen LogP contribution in [-0.2, 0) is 20.7 Å². The largest absolute Gasteiger partial charge is 0.507 e. The summed E-state index contributed by atoms with van der Waals surface area (Å²) in [5.74, 6) is 0.587. The number of nitrogens with zero attached hydrogens (tertiary/aromatic N) is 1. The minimum absolute atomic E-state index is 0.0134. The SMILES string of the molecule is COc1cccc(S(=O)(=O)/C(C#N)=C/c2cc(C(C)(C)C)c(O)c(C(C)(C)C)c2)c1. The van der Waals surface area contributed by atoms with E-state index in [0.29, 0.717) is 22.4 Å². The molecule has 2 aromatic carbocycles. The molecule has 1 N–H and O–H groups in total. The third-order valence-electron chi connectivity index (χ3n) is 4.80. The number of phenolic OH excluding ortho intramolecular Hbond substituents is 1. The fourth-order valence-corrected chi connectivity index (χ4v) is 4.29. The van der Waals surface area contributed by atoms with Crippen LogP contribution in [0.4, 0.5) is 0 Å². The second-order valence-electron chi connectivity index (χ2n) is 9.27. The quantitative estimate of drug-likeness (QED) is 0.666. The highest BCUT2D eigenvalue weighted by Crippen LogP contribution is 2.40. The van der Waals surface area contributed by atoms with Crippen LogP contribution in [0.15, 0.2) is 46.2 Å². The van der Waals surface area contributed by atoms with E-state index in [9.17, 15) is 18.8 Å². The van der Waals surface area contributed by atoms with E-state index < -0.39 is 9.84 Å². The number of methoxy groups -OCH3 is 1. The maximum absolute atomic E-state index is 13.1. The molecule has 0 saturated carbocycles. The van der Waals surface area contributed by atoms with Crippen molar-refractivity contribution in [3.8, 4) is 17.6 Å². The molecule has 0 fully saturated rings. The molecule has 0 radical (unpaired) electrons. The van der Waals surface area contributed by atoms with Gasteiger partial charge in [0.05, 0.1) is 12.0 Å². The third kappa shape index (κ3) is 4.85. The van der Waals surface area contributed by atoms with E-state index in [0.717, 1.165) is 0 Å². The number of nitriles is 1. The van der Waals surface area contributed by atoms with Crippen LogP contribution < -0.4 is 4.74 Å². The summed E-state index contributed by atoms with van der Waals surface area (Å²) in [4.78, 5) is -0.387. The molecule has 0 unspecified atom stereocenters. The van der Waals surface area contributed by atoms with Gasteiger partial charge in [-0.2, -0.15) is 5.26 Å². The summed E-state index contributed by atoms with van der Waals surface area (Å²) in [6, 6.07) is 11.3. The van der Waals surface area contributed by atoms with Gasteiger partial charge in [0, 0.05) is 11.1 Å². The average molecular weight is 428 g/mol. The van der Waals surface area contributed by atoms with Crippen molar-refractivity contribution in [3.05, 3.63) is 58.0 Å². The molecule has 0 heterocycles. The number of hydrogen-bond donors (Lipinski definition) is 1. The minimum atomic E-state index is -4.03. The predicted octanol–water partition coefficient (Wildman–Crippen LogP) is 5.33. The molecule has 160 valence electrons. The molecule has 0 aliphatic rings. The van der Waals surface area contributed by atoms with Crippen molar-refractivity contribution in [1.82, 2.24) is 0 Å². The Labute approximate surface area is 179 Å². The number of benzene rings is 2. The van der Waals surface area contributed by atoms with Crippen LogP contribution in [0.25, 0.3) is 6.08 Å². The first-order valence-corrected chi connectivity index (χ1v) is 11.1. The van der Waals surface area contributed by atoms with Crippen molar-refractivity contribution < 1.29 is 18.3 Å². The molecule has 0 aromatic heterocycles. The van der Waals surface area contributed by atoms with E-state index in [-0.39, 0.29) is 26.4 Å². The molecule has 2 rings (SSSR count). The third-order valence-corrected chi connectivity index (χ3v) is 6.46. The first kappa shape index (κ1) is 23.5. The molecule has 0 spiro atoms. The molecule has 0 amide bonds. The summed E-state index contributed by atoms with van der Waals surface area (Å²) >= 11 is 0. The fourth-order valence-electron chi connectivity index (χ4n) is 3.10. The van der Waals surface area contributed by atoms with Crippen LogP contribution in [0.2, 0.25) is 0 Å². The lowest BCUT2D eigenvalue weighted by atomic mass is 9.78. The van der Waals surface area contributed by atoms with Crippen molar-refractivity contribution in [2.45, 2.75) is 57.3 Å². The highest BCUT2D eigenvalue weighted by Gasteiger charge is 2.27. The van der Waals surface area contributed by atoms with Gasteiger partial charge in [0.1, 0.15) is 22.5 Å². The Morgan fingerprint density at radius 3 is 2.00 bits per heavy atom. The zero-order chi connectivity index (χ0) is 22.9. The first-order valence-electron chi connectivity index (χ1n) is 9.60. The second-order valence-corrected chi connectivity index (χ2v) is 11.2. The fraction of sp³-hybridized carbons (Fsp3) is 0.375. The molecule has 30 heavy (non-hydrogen) atoms. The molecule has 6 heteroatoms. The van der Waals surface area contributed by atoms with Gasteiger partial charge in [0.15, 0.2) is 0 Å². The van der Waals surface area contributed by atoms with Crippen molar-refractivity contribution >= 4 is 15.9 Å². The van der Waals surface area contributed by atoms with Gasteiger partial charge >= 0.3 is 0 Å². The molecule has 0 aliphatic carbocycles. The standard InChI is InChI=1S/C24H29NO4S/c1-23(2,3)20-12-16(13-21(22(20)26)24(4,5)6)11-19(15-25)30(27,28)18-10-8-9-17(14-18)29-7/h8-14,26H,1-7H3/b19-11+. The van der Waals surface area contributed by atoms with Crippen LogP contribution in [0.1, 0.15) is 58.2 Å². The maximum atomic E-state index is 13.1. The molecule has 2 aromatic rings. The van der Waals surface area contributed by atoms with Crippen LogP contribution in [-0.4, -0.2) is 20.6 Å². The maximum Gasteiger partial charge on any atom is 0.216 e. The van der Waals surface area contributed by atoms with Gasteiger partial charge in [-0.05, 0) is 52.8 Å². The van der Waals surface area contributed by atoms with Crippen LogP contribution >= 0.6 is 0 Å². The summed E-state index contributed by atoms with van der Waals surface area (Å²) in [5, 5.41) is 20.5. The van der Waals surface area contributed by atoms with Gasteiger partial charge in [0.25, 0.3) is 0 Å². The Hall–Kier alpha value is -2.78. The van der Waals surface area contributed by atoms with Crippen molar-refractivity contribution in [3.63, 3.8) is 0 Å². The van der Waals surface area contributed by atoms with Crippen molar-refractivity contribution in [1.29, 1.82) is 5.26 Å². The molecule has 0 saturated heterocycles. The Morgan fingerprint density at radius 1 is 1.03 bits per heavy atom. The van der Waals surface area contributed by atoms with Crippen molar-refractivity contribution in [2.24, 2.45) is 0 Å².